The SMILES string of the molecule is O=CC1(Cc2cccs2)CC=CS1. The van der Waals surface area contributed by atoms with Gasteiger partial charge in [0, 0.05) is 11.3 Å². The molecule has 1 unspecified atom stereocenters. The molecule has 0 spiro atoms. The fourth-order valence-corrected chi connectivity index (χ4v) is 3.29. The van der Waals surface area contributed by atoms with E-state index in [1.807, 2.05) is 11.5 Å². The number of allylic oxidation sites excluding steroid dienone is 1. The molecule has 0 bridgehead atoms. The van der Waals surface area contributed by atoms with Crippen LogP contribution in [0.25, 0.3) is 0 Å². The predicted molar refractivity (Wildman–Crippen MR) is 58.2 cm³/mol. The standard InChI is InChI=1S/C10H10OS2/c11-8-10(4-2-6-13-10)7-9-3-1-5-12-9/h1-3,5-6,8H,4,7H2. The molecular formula is C10H10OS2. The minimum absolute atomic E-state index is 0.204. The summed E-state index contributed by atoms with van der Waals surface area (Å²) in [6.45, 7) is 0. The third-order valence-corrected chi connectivity index (χ3v) is 4.21. The van der Waals surface area contributed by atoms with Crippen LogP contribution in [-0.4, -0.2) is 11.0 Å². The van der Waals surface area contributed by atoms with Crippen molar-refractivity contribution in [3.8, 4) is 0 Å². The number of carbonyl (C=O) groups is 1. The van der Waals surface area contributed by atoms with Gasteiger partial charge in [-0.2, -0.15) is 0 Å². The number of carbonyl (C=O) groups excluding carboxylic acids is 1. The number of aldehydes is 1. The van der Waals surface area contributed by atoms with Crippen molar-refractivity contribution in [2.75, 3.05) is 0 Å². The summed E-state index contributed by atoms with van der Waals surface area (Å²) in [6, 6.07) is 4.13. The number of rotatable bonds is 3. The van der Waals surface area contributed by atoms with Gasteiger partial charge in [0.1, 0.15) is 6.29 Å². The Hall–Kier alpha value is -0.540. The van der Waals surface area contributed by atoms with E-state index in [4.69, 9.17) is 0 Å². The third kappa shape index (κ3) is 1.86. The maximum atomic E-state index is 11.0. The molecule has 1 atom stereocenters. The van der Waals surface area contributed by atoms with E-state index in [-0.39, 0.29) is 4.75 Å². The third-order valence-electron chi connectivity index (χ3n) is 2.13. The maximum Gasteiger partial charge on any atom is 0.137 e. The summed E-state index contributed by atoms with van der Waals surface area (Å²) in [7, 11) is 0. The van der Waals surface area contributed by atoms with Gasteiger partial charge in [0.25, 0.3) is 0 Å². The van der Waals surface area contributed by atoms with Gasteiger partial charge in [0.2, 0.25) is 0 Å². The lowest BCUT2D eigenvalue weighted by molar-refractivity contribution is -0.109. The Balaban J connectivity index is 2.11. The lowest BCUT2D eigenvalue weighted by atomic mass is 10.0. The zero-order valence-electron chi connectivity index (χ0n) is 7.10. The van der Waals surface area contributed by atoms with Crippen molar-refractivity contribution < 1.29 is 4.79 Å². The molecule has 0 aromatic carbocycles. The first-order chi connectivity index (χ1) is 6.35. The Morgan fingerprint density at radius 3 is 3.08 bits per heavy atom. The molecule has 68 valence electrons. The molecule has 2 rings (SSSR count). The highest BCUT2D eigenvalue weighted by Crippen LogP contribution is 2.38. The van der Waals surface area contributed by atoms with Crippen LogP contribution in [0.15, 0.2) is 29.0 Å². The molecule has 0 radical (unpaired) electrons. The van der Waals surface area contributed by atoms with Crippen molar-refractivity contribution in [2.24, 2.45) is 0 Å². The minimum Gasteiger partial charge on any atom is -0.302 e. The average molecular weight is 210 g/mol. The van der Waals surface area contributed by atoms with E-state index in [0.29, 0.717) is 0 Å². The second kappa shape index (κ2) is 3.68. The number of thiophene rings is 1. The summed E-state index contributed by atoms with van der Waals surface area (Å²) in [5.74, 6) is 0. The molecule has 0 amide bonds. The second-order valence-corrected chi connectivity index (χ2v) is 5.49. The molecule has 1 aromatic rings. The first-order valence-corrected chi connectivity index (χ1v) is 5.92. The zero-order valence-corrected chi connectivity index (χ0v) is 8.74. The number of hydrogen-bond acceptors (Lipinski definition) is 3. The first-order valence-electron chi connectivity index (χ1n) is 4.16. The van der Waals surface area contributed by atoms with Crippen LogP contribution in [0, 0.1) is 0 Å². The van der Waals surface area contributed by atoms with Gasteiger partial charge in [0.05, 0.1) is 4.75 Å². The number of thioether (sulfide) groups is 1. The van der Waals surface area contributed by atoms with E-state index in [0.717, 1.165) is 19.1 Å². The van der Waals surface area contributed by atoms with Crippen LogP contribution in [0.4, 0.5) is 0 Å². The summed E-state index contributed by atoms with van der Waals surface area (Å²) >= 11 is 3.37. The topological polar surface area (TPSA) is 17.1 Å². The zero-order chi connectivity index (χ0) is 9.15. The molecule has 1 aliphatic rings. The molecular weight excluding hydrogens is 200 g/mol. The van der Waals surface area contributed by atoms with Crippen molar-refractivity contribution in [2.45, 2.75) is 17.6 Å². The Bertz CT molecular complexity index is 306. The molecule has 3 heteroatoms. The fourth-order valence-electron chi connectivity index (χ4n) is 1.42. The van der Waals surface area contributed by atoms with Gasteiger partial charge in [-0.15, -0.1) is 23.1 Å². The Morgan fingerprint density at radius 2 is 2.54 bits per heavy atom. The molecule has 0 fully saturated rings. The number of hydrogen-bond donors (Lipinski definition) is 0. The predicted octanol–water partition coefficient (Wildman–Crippen LogP) is 2.88. The Kier molecular flexibility index (Phi) is 2.56. The van der Waals surface area contributed by atoms with Gasteiger partial charge in [-0.05, 0) is 23.3 Å². The molecule has 1 nitrogen and oxygen atoms in total. The summed E-state index contributed by atoms with van der Waals surface area (Å²) < 4.78 is -0.204. The van der Waals surface area contributed by atoms with Crippen molar-refractivity contribution >= 4 is 29.4 Å². The van der Waals surface area contributed by atoms with Crippen molar-refractivity contribution in [3.05, 3.63) is 33.9 Å². The van der Waals surface area contributed by atoms with Gasteiger partial charge in [-0.1, -0.05) is 12.1 Å². The van der Waals surface area contributed by atoms with E-state index in [9.17, 15) is 4.79 Å². The van der Waals surface area contributed by atoms with E-state index in [1.54, 1.807) is 23.1 Å². The summed E-state index contributed by atoms with van der Waals surface area (Å²) in [6.07, 6.45) is 4.91. The van der Waals surface area contributed by atoms with E-state index in [2.05, 4.69) is 17.5 Å². The molecule has 1 aliphatic heterocycles. The van der Waals surface area contributed by atoms with Gasteiger partial charge >= 0.3 is 0 Å². The van der Waals surface area contributed by atoms with Crippen LogP contribution >= 0.6 is 23.1 Å². The lowest BCUT2D eigenvalue weighted by Gasteiger charge is -2.19. The highest BCUT2D eigenvalue weighted by atomic mass is 32.2. The van der Waals surface area contributed by atoms with Crippen LogP contribution in [0.5, 0.6) is 0 Å². The largest absolute Gasteiger partial charge is 0.302 e. The molecule has 0 N–H and O–H groups in total. The van der Waals surface area contributed by atoms with Gasteiger partial charge in [0.15, 0.2) is 0 Å². The van der Waals surface area contributed by atoms with Crippen LogP contribution in [0.1, 0.15) is 11.3 Å². The van der Waals surface area contributed by atoms with Crippen molar-refractivity contribution in [1.29, 1.82) is 0 Å². The minimum atomic E-state index is -0.204. The summed E-state index contributed by atoms with van der Waals surface area (Å²) in [5, 5.41) is 4.09. The van der Waals surface area contributed by atoms with Crippen LogP contribution < -0.4 is 0 Å². The fraction of sp³-hybridized carbons (Fsp3) is 0.300. The summed E-state index contributed by atoms with van der Waals surface area (Å²) in [5.41, 5.74) is 0. The molecule has 1 aromatic heterocycles. The van der Waals surface area contributed by atoms with Gasteiger partial charge < -0.3 is 4.79 Å². The van der Waals surface area contributed by atoms with E-state index < -0.39 is 0 Å². The molecule has 0 aliphatic carbocycles. The highest BCUT2D eigenvalue weighted by molar-refractivity contribution is 8.04. The Labute approximate surface area is 85.9 Å². The normalized spacial score (nSPS) is 26.5. The Morgan fingerprint density at radius 1 is 1.62 bits per heavy atom. The molecule has 13 heavy (non-hydrogen) atoms. The molecule has 2 heterocycles. The van der Waals surface area contributed by atoms with Crippen LogP contribution in [-0.2, 0) is 11.2 Å². The lowest BCUT2D eigenvalue weighted by Crippen LogP contribution is -2.25. The molecule has 0 saturated carbocycles. The first kappa shape index (κ1) is 9.03. The van der Waals surface area contributed by atoms with E-state index >= 15 is 0 Å². The van der Waals surface area contributed by atoms with Crippen LogP contribution in [0.3, 0.4) is 0 Å². The second-order valence-electron chi connectivity index (χ2n) is 3.13. The quantitative estimate of drug-likeness (QED) is 0.714. The average Bonchev–Trinajstić information content (AvgIpc) is 2.77. The van der Waals surface area contributed by atoms with E-state index in [1.165, 1.54) is 4.88 Å². The van der Waals surface area contributed by atoms with Gasteiger partial charge in [-0.25, -0.2) is 0 Å². The summed E-state index contributed by atoms with van der Waals surface area (Å²) in [4.78, 5) is 12.3. The molecule has 0 saturated heterocycles. The maximum absolute atomic E-state index is 11.0. The smallest absolute Gasteiger partial charge is 0.137 e. The van der Waals surface area contributed by atoms with Crippen molar-refractivity contribution in [3.63, 3.8) is 0 Å². The van der Waals surface area contributed by atoms with Crippen molar-refractivity contribution in [1.82, 2.24) is 0 Å². The highest BCUT2D eigenvalue weighted by Gasteiger charge is 2.32. The van der Waals surface area contributed by atoms with Gasteiger partial charge in [-0.3, -0.25) is 0 Å². The van der Waals surface area contributed by atoms with Crippen LogP contribution in [0.2, 0.25) is 0 Å². The monoisotopic (exact) mass is 210 g/mol.